The molecule has 0 saturated carbocycles. The Balaban J connectivity index is 2.95. The predicted molar refractivity (Wildman–Crippen MR) is 71.0 cm³/mol. The molecule has 0 aromatic carbocycles. The fourth-order valence-corrected chi connectivity index (χ4v) is 1.67. The van der Waals surface area contributed by atoms with E-state index in [1.54, 1.807) is 27.8 Å². The highest BCUT2D eigenvalue weighted by molar-refractivity contribution is 5.68. The van der Waals surface area contributed by atoms with Gasteiger partial charge in [0, 0.05) is 13.6 Å². The van der Waals surface area contributed by atoms with Crippen LogP contribution in [0.2, 0.25) is 0 Å². The van der Waals surface area contributed by atoms with E-state index in [-0.39, 0.29) is 17.9 Å². The number of nitro groups is 1. The summed E-state index contributed by atoms with van der Waals surface area (Å²) >= 11 is 0. The van der Waals surface area contributed by atoms with Crippen LogP contribution in [0.25, 0.3) is 0 Å². The van der Waals surface area contributed by atoms with E-state index in [0.29, 0.717) is 0 Å². The number of carbonyl (C=O) groups excluding carboxylic acids is 1. The summed E-state index contributed by atoms with van der Waals surface area (Å²) < 4.78 is 6.42. The lowest BCUT2D eigenvalue weighted by molar-refractivity contribution is -0.385. The van der Waals surface area contributed by atoms with E-state index < -0.39 is 22.7 Å². The predicted octanol–water partition coefficient (Wildman–Crippen LogP) is 0.853. The molecule has 1 atom stereocenters. The summed E-state index contributed by atoms with van der Waals surface area (Å²) in [6, 6.07) is -0.752. The SMILES string of the molecule is Cn1ncc([N+](=O)[O-])c1C(CN)NC(=O)OC(C)(C)C. The maximum absolute atomic E-state index is 11.7. The molecule has 9 nitrogen and oxygen atoms in total. The summed E-state index contributed by atoms with van der Waals surface area (Å²) in [4.78, 5) is 22.1. The monoisotopic (exact) mass is 285 g/mol. The summed E-state index contributed by atoms with van der Waals surface area (Å²) in [5.41, 5.74) is 4.94. The Labute approximate surface area is 116 Å². The largest absolute Gasteiger partial charge is 0.444 e. The summed E-state index contributed by atoms with van der Waals surface area (Å²) in [6.07, 6.45) is 0.429. The van der Waals surface area contributed by atoms with Crippen LogP contribution in [0.4, 0.5) is 10.5 Å². The number of nitrogens with zero attached hydrogens (tertiary/aromatic N) is 3. The van der Waals surface area contributed by atoms with Gasteiger partial charge in [0.15, 0.2) is 0 Å². The van der Waals surface area contributed by atoms with Crippen LogP contribution >= 0.6 is 0 Å². The van der Waals surface area contributed by atoms with Crippen LogP contribution in [0, 0.1) is 10.1 Å². The summed E-state index contributed by atoms with van der Waals surface area (Å²) in [5.74, 6) is 0. The molecule has 20 heavy (non-hydrogen) atoms. The van der Waals surface area contributed by atoms with Crippen molar-refractivity contribution in [2.45, 2.75) is 32.4 Å². The van der Waals surface area contributed by atoms with Gasteiger partial charge in [0.05, 0.1) is 11.0 Å². The first-order valence-electron chi connectivity index (χ1n) is 6.01. The van der Waals surface area contributed by atoms with E-state index in [2.05, 4.69) is 10.4 Å². The summed E-state index contributed by atoms with van der Waals surface area (Å²) in [7, 11) is 1.54. The van der Waals surface area contributed by atoms with Crippen LogP contribution in [-0.2, 0) is 11.8 Å². The number of nitrogens with two attached hydrogens (primary N) is 1. The van der Waals surface area contributed by atoms with Crippen LogP contribution in [0.1, 0.15) is 32.5 Å². The molecule has 112 valence electrons. The minimum absolute atomic E-state index is 0.0143. The molecule has 1 aromatic rings. The van der Waals surface area contributed by atoms with Gasteiger partial charge < -0.3 is 15.8 Å². The van der Waals surface area contributed by atoms with Gasteiger partial charge in [0.1, 0.15) is 17.5 Å². The molecule has 0 fully saturated rings. The van der Waals surface area contributed by atoms with Crippen molar-refractivity contribution >= 4 is 11.8 Å². The van der Waals surface area contributed by atoms with Crippen LogP contribution in [-0.4, -0.2) is 32.9 Å². The van der Waals surface area contributed by atoms with Gasteiger partial charge in [-0.05, 0) is 20.8 Å². The van der Waals surface area contributed by atoms with Gasteiger partial charge in [-0.25, -0.2) is 4.79 Å². The molecular weight excluding hydrogens is 266 g/mol. The number of aromatic nitrogens is 2. The molecular formula is C11H19N5O4. The van der Waals surface area contributed by atoms with E-state index in [9.17, 15) is 14.9 Å². The first-order valence-corrected chi connectivity index (χ1v) is 6.01. The van der Waals surface area contributed by atoms with Gasteiger partial charge in [-0.3, -0.25) is 14.8 Å². The molecule has 3 N–H and O–H groups in total. The van der Waals surface area contributed by atoms with E-state index >= 15 is 0 Å². The van der Waals surface area contributed by atoms with E-state index in [1.807, 2.05) is 0 Å². The highest BCUT2D eigenvalue weighted by Crippen LogP contribution is 2.24. The fraction of sp³-hybridized carbons (Fsp3) is 0.636. The van der Waals surface area contributed by atoms with E-state index in [4.69, 9.17) is 10.5 Å². The number of aryl methyl sites for hydroxylation is 1. The van der Waals surface area contributed by atoms with Crippen LogP contribution in [0.15, 0.2) is 6.20 Å². The smallest absolute Gasteiger partial charge is 0.408 e. The summed E-state index contributed by atoms with van der Waals surface area (Å²) in [5, 5.41) is 17.3. The van der Waals surface area contributed by atoms with Crippen molar-refractivity contribution in [1.29, 1.82) is 0 Å². The molecule has 1 aromatic heterocycles. The number of hydrogen-bond donors (Lipinski definition) is 2. The highest BCUT2D eigenvalue weighted by atomic mass is 16.6. The molecule has 1 amide bonds. The molecule has 1 unspecified atom stereocenters. The maximum Gasteiger partial charge on any atom is 0.408 e. The van der Waals surface area contributed by atoms with Gasteiger partial charge in [0.25, 0.3) is 0 Å². The molecule has 9 heteroatoms. The average molecular weight is 285 g/mol. The normalized spacial score (nSPS) is 12.8. The van der Waals surface area contributed by atoms with Crippen molar-refractivity contribution in [2.75, 3.05) is 6.54 Å². The second-order valence-corrected chi connectivity index (χ2v) is 5.23. The zero-order valence-electron chi connectivity index (χ0n) is 11.9. The third kappa shape index (κ3) is 3.92. The van der Waals surface area contributed by atoms with Gasteiger partial charge in [-0.1, -0.05) is 0 Å². The third-order valence-electron chi connectivity index (χ3n) is 2.42. The number of nitrogens with one attached hydrogen (secondary N) is 1. The quantitative estimate of drug-likeness (QED) is 0.624. The number of amides is 1. The van der Waals surface area contributed by atoms with Crippen molar-refractivity contribution in [3.63, 3.8) is 0 Å². The topological polar surface area (TPSA) is 125 Å². The molecule has 0 aliphatic rings. The number of carbonyl (C=O) groups is 1. The van der Waals surface area contributed by atoms with E-state index in [0.717, 1.165) is 6.20 Å². The minimum atomic E-state index is -0.752. The molecule has 0 bridgehead atoms. The lowest BCUT2D eigenvalue weighted by Gasteiger charge is -2.22. The number of ether oxygens (including phenoxy) is 1. The zero-order valence-corrected chi connectivity index (χ0v) is 11.9. The van der Waals surface area contributed by atoms with E-state index in [1.165, 1.54) is 4.68 Å². The lowest BCUT2D eigenvalue weighted by Crippen LogP contribution is -2.38. The van der Waals surface area contributed by atoms with Crippen LogP contribution in [0.5, 0.6) is 0 Å². The molecule has 0 saturated heterocycles. The van der Waals surface area contributed by atoms with Gasteiger partial charge in [0.2, 0.25) is 0 Å². The second-order valence-electron chi connectivity index (χ2n) is 5.23. The van der Waals surface area contributed by atoms with Crippen molar-refractivity contribution < 1.29 is 14.5 Å². The third-order valence-corrected chi connectivity index (χ3v) is 2.42. The Morgan fingerprint density at radius 3 is 2.70 bits per heavy atom. The van der Waals surface area contributed by atoms with Crippen molar-refractivity contribution in [1.82, 2.24) is 15.1 Å². The van der Waals surface area contributed by atoms with Gasteiger partial charge in [-0.15, -0.1) is 0 Å². The number of alkyl carbamates (subject to hydrolysis) is 1. The standard InChI is InChI=1S/C11H19N5O4/c1-11(2,3)20-10(17)14-7(5-12)9-8(16(18)19)6-13-15(9)4/h6-7H,5,12H2,1-4H3,(H,14,17). The zero-order chi connectivity index (χ0) is 15.5. The Hall–Kier alpha value is -2.16. The Morgan fingerprint density at radius 1 is 1.65 bits per heavy atom. The number of rotatable bonds is 4. The Kier molecular flexibility index (Phi) is 4.66. The fourth-order valence-electron chi connectivity index (χ4n) is 1.67. The van der Waals surface area contributed by atoms with Crippen LogP contribution < -0.4 is 11.1 Å². The molecule has 0 radical (unpaired) electrons. The first-order chi connectivity index (χ1) is 9.15. The molecule has 0 spiro atoms. The van der Waals surface area contributed by atoms with Gasteiger partial charge >= 0.3 is 11.8 Å². The minimum Gasteiger partial charge on any atom is -0.444 e. The second kappa shape index (κ2) is 5.87. The Morgan fingerprint density at radius 2 is 2.25 bits per heavy atom. The van der Waals surface area contributed by atoms with Crippen molar-refractivity contribution in [3.05, 3.63) is 22.0 Å². The molecule has 0 aliphatic carbocycles. The van der Waals surface area contributed by atoms with Crippen molar-refractivity contribution in [2.24, 2.45) is 12.8 Å². The molecule has 0 aliphatic heterocycles. The number of hydrogen-bond acceptors (Lipinski definition) is 6. The van der Waals surface area contributed by atoms with Gasteiger partial charge in [-0.2, -0.15) is 5.10 Å². The molecule has 1 heterocycles. The molecule has 1 rings (SSSR count). The van der Waals surface area contributed by atoms with Crippen LogP contribution in [0.3, 0.4) is 0 Å². The first kappa shape index (κ1) is 15.9. The maximum atomic E-state index is 11.7. The lowest BCUT2D eigenvalue weighted by atomic mass is 10.2. The Bertz CT molecular complexity index is 505. The highest BCUT2D eigenvalue weighted by Gasteiger charge is 2.28. The average Bonchev–Trinajstić information content (AvgIpc) is 2.65. The summed E-state index contributed by atoms with van der Waals surface area (Å²) in [6.45, 7) is 5.14. The van der Waals surface area contributed by atoms with Crippen molar-refractivity contribution in [3.8, 4) is 0 Å².